The number of aromatic nitrogens is 4. The van der Waals surface area contributed by atoms with Crippen LogP contribution in [0.15, 0.2) is 5.16 Å². The van der Waals surface area contributed by atoms with Crippen LogP contribution < -0.4 is 5.73 Å². The number of nitrogens with zero attached hydrogens (tertiary/aromatic N) is 4. The van der Waals surface area contributed by atoms with E-state index in [9.17, 15) is 13.2 Å². The fourth-order valence-corrected chi connectivity index (χ4v) is 1.76. The van der Waals surface area contributed by atoms with Crippen molar-refractivity contribution in [3.63, 3.8) is 0 Å². The van der Waals surface area contributed by atoms with Gasteiger partial charge in [0, 0.05) is 13.1 Å². The Kier molecular flexibility index (Phi) is 3.55. The van der Waals surface area contributed by atoms with E-state index in [1.54, 1.807) is 0 Å². The molecule has 0 aromatic carbocycles. The van der Waals surface area contributed by atoms with E-state index in [2.05, 4.69) is 15.5 Å². The predicted molar refractivity (Wildman–Crippen MR) is 48.1 cm³/mol. The van der Waals surface area contributed by atoms with Crippen LogP contribution >= 0.6 is 11.8 Å². The van der Waals surface area contributed by atoms with Gasteiger partial charge in [0.1, 0.15) is 5.25 Å². The third-order valence-corrected chi connectivity index (χ3v) is 3.12. The van der Waals surface area contributed by atoms with E-state index in [1.807, 2.05) is 0 Å². The maximum Gasteiger partial charge on any atom is 0.402 e. The molecule has 0 saturated heterocycles. The van der Waals surface area contributed by atoms with E-state index >= 15 is 0 Å². The minimum absolute atomic E-state index is 0.0922. The molecule has 0 fully saturated rings. The zero-order valence-corrected chi connectivity index (χ0v) is 8.88. The summed E-state index contributed by atoms with van der Waals surface area (Å²) in [5.41, 5.74) is 5.27. The molecule has 2 unspecified atom stereocenters. The summed E-state index contributed by atoms with van der Waals surface area (Å²) >= 11 is 0.514. The second kappa shape index (κ2) is 4.35. The quantitative estimate of drug-likeness (QED) is 0.784. The maximum absolute atomic E-state index is 12.5. The fourth-order valence-electron chi connectivity index (χ4n) is 0.907. The Hall–Kier alpha value is -0.830. The molecule has 1 aromatic heterocycles. The van der Waals surface area contributed by atoms with Gasteiger partial charge in [0.2, 0.25) is 5.16 Å². The molecule has 0 aliphatic heterocycles. The van der Waals surface area contributed by atoms with Gasteiger partial charge >= 0.3 is 6.18 Å². The van der Waals surface area contributed by atoms with E-state index in [1.165, 1.54) is 18.7 Å². The highest BCUT2D eigenvalue weighted by atomic mass is 32.2. The van der Waals surface area contributed by atoms with Crippen LogP contribution in [0.5, 0.6) is 0 Å². The number of rotatable bonds is 3. The molecule has 1 rings (SSSR count). The molecule has 86 valence electrons. The Morgan fingerprint density at radius 1 is 1.47 bits per heavy atom. The number of hydrogen-bond acceptors (Lipinski definition) is 5. The second-order valence-electron chi connectivity index (χ2n) is 3.02. The van der Waals surface area contributed by atoms with Crippen molar-refractivity contribution in [1.29, 1.82) is 0 Å². The third kappa shape index (κ3) is 3.06. The average Bonchev–Trinajstić information content (AvgIpc) is 2.44. The summed E-state index contributed by atoms with van der Waals surface area (Å²) < 4.78 is 38.7. The molecule has 0 spiro atoms. The molecule has 0 aliphatic rings. The van der Waals surface area contributed by atoms with Gasteiger partial charge in [0.05, 0.1) is 0 Å². The third-order valence-electron chi connectivity index (χ3n) is 1.61. The highest BCUT2D eigenvalue weighted by molar-refractivity contribution is 7.99. The predicted octanol–water partition coefficient (Wildman–Crippen LogP) is 0.580. The zero-order valence-electron chi connectivity index (χ0n) is 8.06. The number of tetrazole rings is 1. The molecular weight excluding hydrogens is 231 g/mol. The molecule has 0 radical (unpaired) electrons. The van der Waals surface area contributed by atoms with Crippen LogP contribution in [0.25, 0.3) is 0 Å². The molecule has 9 heteroatoms. The Labute approximate surface area is 88.2 Å². The van der Waals surface area contributed by atoms with Crippen LogP contribution in [0, 0.1) is 0 Å². The van der Waals surface area contributed by atoms with E-state index in [4.69, 9.17) is 5.73 Å². The lowest BCUT2D eigenvalue weighted by Gasteiger charge is -2.21. The van der Waals surface area contributed by atoms with Crippen molar-refractivity contribution in [1.82, 2.24) is 20.2 Å². The fraction of sp³-hybridized carbons (Fsp3) is 0.833. The molecular formula is C6H10F3N5S. The molecule has 0 saturated carbocycles. The normalized spacial score (nSPS) is 16.4. The molecule has 0 aliphatic carbocycles. The van der Waals surface area contributed by atoms with Gasteiger partial charge in [-0.05, 0) is 17.4 Å². The van der Waals surface area contributed by atoms with Crippen molar-refractivity contribution in [3.05, 3.63) is 0 Å². The molecule has 1 aromatic rings. The zero-order chi connectivity index (χ0) is 11.6. The topological polar surface area (TPSA) is 69.6 Å². The molecule has 2 N–H and O–H groups in total. The summed E-state index contributed by atoms with van der Waals surface area (Å²) in [4.78, 5) is 0. The van der Waals surface area contributed by atoms with Crippen LogP contribution in [0.4, 0.5) is 13.2 Å². The highest BCUT2D eigenvalue weighted by Gasteiger charge is 2.43. The number of nitrogens with two attached hydrogens (primary N) is 1. The first-order valence-corrected chi connectivity index (χ1v) is 4.91. The number of hydrogen-bond donors (Lipinski definition) is 1. The van der Waals surface area contributed by atoms with E-state index < -0.39 is 17.5 Å². The SMILES string of the molecule is CC(N)C(Sc1nnnn1C)C(F)(F)F. The first kappa shape index (κ1) is 12.2. The number of halogens is 3. The summed E-state index contributed by atoms with van der Waals surface area (Å²) in [7, 11) is 1.47. The van der Waals surface area contributed by atoms with Crippen LogP contribution in [-0.4, -0.2) is 37.7 Å². The second-order valence-corrected chi connectivity index (χ2v) is 4.13. The van der Waals surface area contributed by atoms with Crippen LogP contribution in [0.3, 0.4) is 0 Å². The number of thioether (sulfide) groups is 1. The Balaban J connectivity index is 2.81. The number of alkyl halides is 3. The first-order chi connectivity index (χ1) is 6.82. The van der Waals surface area contributed by atoms with Crippen LogP contribution in [0.1, 0.15) is 6.92 Å². The average molecular weight is 241 g/mol. The molecule has 1 heterocycles. The standard InChI is InChI=1S/C6H10F3N5S/c1-3(10)4(6(7,8)9)15-5-11-12-13-14(5)2/h3-4H,10H2,1-2H3. The number of aryl methyl sites for hydroxylation is 1. The lowest BCUT2D eigenvalue weighted by Crippen LogP contribution is -2.40. The largest absolute Gasteiger partial charge is 0.402 e. The highest BCUT2D eigenvalue weighted by Crippen LogP contribution is 2.35. The van der Waals surface area contributed by atoms with Crippen molar-refractivity contribution in [2.45, 2.75) is 29.5 Å². The summed E-state index contributed by atoms with van der Waals surface area (Å²) in [6, 6.07) is -1.02. The van der Waals surface area contributed by atoms with Gasteiger partial charge in [-0.2, -0.15) is 13.2 Å². The van der Waals surface area contributed by atoms with Gasteiger partial charge in [-0.15, -0.1) is 5.10 Å². The summed E-state index contributed by atoms with van der Waals surface area (Å²) in [5.74, 6) is 0. The molecule has 15 heavy (non-hydrogen) atoms. The molecule has 0 amide bonds. The molecule has 0 bridgehead atoms. The van der Waals surface area contributed by atoms with Gasteiger partial charge in [-0.25, -0.2) is 4.68 Å². The Morgan fingerprint density at radius 2 is 2.07 bits per heavy atom. The lowest BCUT2D eigenvalue weighted by molar-refractivity contribution is -0.131. The smallest absolute Gasteiger partial charge is 0.327 e. The van der Waals surface area contributed by atoms with E-state index in [0.717, 1.165) is 0 Å². The van der Waals surface area contributed by atoms with Crippen molar-refractivity contribution < 1.29 is 13.2 Å². The van der Waals surface area contributed by atoms with Crippen molar-refractivity contribution in [3.8, 4) is 0 Å². The lowest BCUT2D eigenvalue weighted by atomic mass is 10.2. The van der Waals surface area contributed by atoms with Gasteiger partial charge in [-0.3, -0.25) is 0 Å². The van der Waals surface area contributed by atoms with Crippen molar-refractivity contribution in [2.24, 2.45) is 12.8 Å². The summed E-state index contributed by atoms with van der Waals surface area (Å²) in [5, 5.41) is 8.53. The van der Waals surface area contributed by atoms with E-state index in [0.29, 0.717) is 11.8 Å². The van der Waals surface area contributed by atoms with Gasteiger partial charge in [-0.1, -0.05) is 11.8 Å². The van der Waals surface area contributed by atoms with Crippen LogP contribution in [-0.2, 0) is 7.05 Å². The maximum atomic E-state index is 12.5. The van der Waals surface area contributed by atoms with Gasteiger partial charge < -0.3 is 5.73 Å². The Bertz CT molecular complexity index is 323. The van der Waals surface area contributed by atoms with Crippen molar-refractivity contribution in [2.75, 3.05) is 0 Å². The molecule has 2 atom stereocenters. The van der Waals surface area contributed by atoms with Crippen molar-refractivity contribution >= 4 is 11.8 Å². The molecule has 5 nitrogen and oxygen atoms in total. The van der Waals surface area contributed by atoms with Crippen LogP contribution in [0.2, 0.25) is 0 Å². The van der Waals surface area contributed by atoms with E-state index in [-0.39, 0.29) is 5.16 Å². The minimum Gasteiger partial charge on any atom is -0.327 e. The van der Waals surface area contributed by atoms with Gasteiger partial charge in [0.25, 0.3) is 0 Å². The minimum atomic E-state index is -4.37. The first-order valence-electron chi connectivity index (χ1n) is 4.03. The van der Waals surface area contributed by atoms with Gasteiger partial charge in [0.15, 0.2) is 0 Å². The summed E-state index contributed by atoms with van der Waals surface area (Å²) in [6.07, 6.45) is -4.37. The summed E-state index contributed by atoms with van der Waals surface area (Å²) in [6.45, 7) is 1.30. The Morgan fingerprint density at radius 3 is 2.40 bits per heavy atom. The monoisotopic (exact) mass is 241 g/mol.